The Morgan fingerprint density at radius 3 is 2.60 bits per heavy atom. The first kappa shape index (κ1) is 11.3. The second-order valence-electron chi connectivity index (χ2n) is 3.98. The normalized spacial score (nSPS) is 28.2. The van der Waals surface area contributed by atoms with Crippen LogP contribution >= 0.6 is 22.9 Å². The molecule has 1 fully saturated rings. The molecule has 0 spiro atoms. The SMILES string of the molecule is CC1CNCC(C)N1Cc1nnc(Cl)s1. The Kier molecular flexibility index (Phi) is 3.56. The van der Waals surface area contributed by atoms with Crippen LogP contribution in [0.5, 0.6) is 0 Å². The molecule has 0 saturated carbocycles. The average Bonchev–Trinajstić information content (AvgIpc) is 2.58. The van der Waals surface area contributed by atoms with Crippen molar-refractivity contribution < 1.29 is 0 Å². The van der Waals surface area contributed by atoms with Gasteiger partial charge in [0.2, 0.25) is 4.47 Å². The summed E-state index contributed by atoms with van der Waals surface area (Å²) in [7, 11) is 0. The van der Waals surface area contributed by atoms with Gasteiger partial charge in [-0.1, -0.05) is 11.3 Å². The molecule has 84 valence electrons. The van der Waals surface area contributed by atoms with Gasteiger partial charge in [0, 0.05) is 25.2 Å². The van der Waals surface area contributed by atoms with Crippen molar-refractivity contribution in [1.29, 1.82) is 0 Å². The van der Waals surface area contributed by atoms with Crippen LogP contribution in [0.3, 0.4) is 0 Å². The molecule has 6 heteroatoms. The molecule has 2 heterocycles. The summed E-state index contributed by atoms with van der Waals surface area (Å²) in [5, 5.41) is 12.3. The zero-order valence-electron chi connectivity index (χ0n) is 8.90. The minimum absolute atomic E-state index is 0.528. The lowest BCUT2D eigenvalue weighted by atomic mass is 10.1. The van der Waals surface area contributed by atoms with E-state index in [1.807, 2.05) is 0 Å². The van der Waals surface area contributed by atoms with Gasteiger partial charge in [-0.2, -0.15) is 0 Å². The number of rotatable bonds is 2. The molecule has 1 aliphatic heterocycles. The second kappa shape index (κ2) is 4.74. The molecule has 0 bridgehead atoms. The molecule has 0 aliphatic carbocycles. The van der Waals surface area contributed by atoms with Gasteiger partial charge in [-0.05, 0) is 25.4 Å². The van der Waals surface area contributed by atoms with Crippen molar-refractivity contribution in [3.05, 3.63) is 9.47 Å². The first-order valence-electron chi connectivity index (χ1n) is 5.11. The van der Waals surface area contributed by atoms with Gasteiger partial charge in [-0.3, -0.25) is 4.90 Å². The van der Waals surface area contributed by atoms with Gasteiger partial charge in [0.15, 0.2) is 0 Å². The molecule has 1 saturated heterocycles. The maximum absolute atomic E-state index is 5.76. The van der Waals surface area contributed by atoms with E-state index in [4.69, 9.17) is 11.6 Å². The Balaban J connectivity index is 2.03. The Morgan fingerprint density at radius 2 is 2.07 bits per heavy atom. The van der Waals surface area contributed by atoms with Crippen LogP contribution in [0.4, 0.5) is 0 Å². The lowest BCUT2D eigenvalue weighted by Gasteiger charge is -2.38. The molecule has 0 aromatic carbocycles. The Hall–Kier alpha value is -0.230. The third-order valence-corrected chi connectivity index (χ3v) is 3.78. The molecule has 2 unspecified atom stereocenters. The van der Waals surface area contributed by atoms with Crippen LogP contribution in [0.1, 0.15) is 18.9 Å². The smallest absolute Gasteiger partial charge is 0.207 e. The topological polar surface area (TPSA) is 41.0 Å². The largest absolute Gasteiger partial charge is 0.314 e. The van der Waals surface area contributed by atoms with Gasteiger partial charge < -0.3 is 5.32 Å². The van der Waals surface area contributed by atoms with Crippen molar-refractivity contribution in [3.8, 4) is 0 Å². The van der Waals surface area contributed by atoms with Gasteiger partial charge in [0.1, 0.15) is 5.01 Å². The third-order valence-electron chi connectivity index (χ3n) is 2.77. The summed E-state index contributed by atoms with van der Waals surface area (Å²) in [5.74, 6) is 0. The summed E-state index contributed by atoms with van der Waals surface area (Å²) in [5.41, 5.74) is 0. The van der Waals surface area contributed by atoms with E-state index in [1.165, 1.54) is 11.3 Å². The molecule has 4 nitrogen and oxygen atoms in total. The number of aromatic nitrogens is 2. The minimum Gasteiger partial charge on any atom is -0.314 e. The molecule has 1 aliphatic rings. The van der Waals surface area contributed by atoms with Gasteiger partial charge in [-0.15, -0.1) is 10.2 Å². The number of halogens is 1. The van der Waals surface area contributed by atoms with Crippen molar-refractivity contribution >= 4 is 22.9 Å². The zero-order valence-corrected chi connectivity index (χ0v) is 10.5. The fourth-order valence-electron chi connectivity index (χ4n) is 1.93. The number of hydrogen-bond acceptors (Lipinski definition) is 5. The lowest BCUT2D eigenvalue weighted by Crippen LogP contribution is -2.54. The van der Waals surface area contributed by atoms with E-state index >= 15 is 0 Å². The monoisotopic (exact) mass is 246 g/mol. The van der Waals surface area contributed by atoms with Crippen LogP contribution in [0, 0.1) is 0 Å². The van der Waals surface area contributed by atoms with Crippen LogP contribution in [-0.2, 0) is 6.54 Å². The number of nitrogens with zero attached hydrogens (tertiary/aromatic N) is 3. The van der Waals surface area contributed by atoms with E-state index in [9.17, 15) is 0 Å². The third kappa shape index (κ3) is 2.66. The molecule has 2 atom stereocenters. The standard InChI is InChI=1S/C9H15ClN4S/c1-6-3-11-4-7(2)14(6)5-8-12-13-9(10)15-8/h6-7,11H,3-5H2,1-2H3. The number of hydrogen-bond donors (Lipinski definition) is 1. The molecule has 1 aromatic rings. The predicted molar refractivity (Wildman–Crippen MR) is 62.3 cm³/mol. The van der Waals surface area contributed by atoms with E-state index in [-0.39, 0.29) is 0 Å². The Bertz CT molecular complexity index is 320. The second-order valence-corrected chi connectivity index (χ2v) is 5.62. The van der Waals surface area contributed by atoms with Crippen molar-refractivity contribution in [2.75, 3.05) is 13.1 Å². The Labute approximate surface area is 98.6 Å². The fourth-order valence-corrected chi connectivity index (χ4v) is 2.81. The average molecular weight is 247 g/mol. The maximum atomic E-state index is 5.76. The van der Waals surface area contributed by atoms with Gasteiger partial charge >= 0.3 is 0 Å². The van der Waals surface area contributed by atoms with E-state index in [2.05, 4.69) is 34.3 Å². The van der Waals surface area contributed by atoms with Crippen LogP contribution in [0.2, 0.25) is 4.47 Å². The minimum atomic E-state index is 0.528. The molecular weight excluding hydrogens is 232 g/mol. The van der Waals surface area contributed by atoms with E-state index in [0.717, 1.165) is 24.6 Å². The highest BCUT2D eigenvalue weighted by atomic mass is 35.5. The molecule has 0 radical (unpaired) electrons. The zero-order chi connectivity index (χ0) is 10.8. The summed E-state index contributed by atoms with van der Waals surface area (Å²) in [6.45, 7) is 7.39. The van der Waals surface area contributed by atoms with Gasteiger partial charge in [0.05, 0.1) is 6.54 Å². The first-order valence-corrected chi connectivity index (χ1v) is 6.30. The number of piperazine rings is 1. The summed E-state index contributed by atoms with van der Waals surface area (Å²) in [6, 6.07) is 1.08. The molecule has 1 N–H and O–H groups in total. The highest BCUT2D eigenvalue weighted by Crippen LogP contribution is 2.19. The van der Waals surface area contributed by atoms with Crippen molar-refractivity contribution in [3.63, 3.8) is 0 Å². The summed E-state index contributed by atoms with van der Waals surface area (Å²) >= 11 is 7.23. The van der Waals surface area contributed by atoms with Crippen LogP contribution in [-0.4, -0.2) is 40.3 Å². The number of nitrogens with one attached hydrogen (secondary N) is 1. The summed E-state index contributed by atoms with van der Waals surface area (Å²) < 4.78 is 0.528. The maximum Gasteiger partial charge on any atom is 0.207 e. The fraction of sp³-hybridized carbons (Fsp3) is 0.778. The van der Waals surface area contributed by atoms with E-state index in [1.54, 1.807) is 0 Å². The summed E-state index contributed by atoms with van der Waals surface area (Å²) in [6.07, 6.45) is 0. The molecule has 0 amide bonds. The van der Waals surface area contributed by atoms with Crippen molar-refractivity contribution in [2.45, 2.75) is 32.5 Å². The van der Waals surface area contributed by atoms with Crippen molar-refractivity contribution in [1.82, 2.24) is 20.4 Å². The Morgan fingerprint density at radius 1 is 1.40 bits per heavy atom. The first-order chi connectivity index (χ1) is 7.16. The highest BCUT2D eigenvalue weighted by molar-refractivity contribution is 7.15. The molecule has 2 rings (SSSR count). The molecule has 15 heavy (non-hydrogen) atoms. The van der Waals surface area contributed by atoms with Crippen LogP contribution in [0.25, 0.3) is 0 Å². The van der Waals surface area contributed by atoms with Crippen LogP contribution < -0.4 is 5.32 Å². The molecular formula is C9H15ClN4S. The van der Waals surface area contributed by atoms with Gasteiger partial charge in [0.25, 0.3) is 0 Å². The molecule has 1 aromatic heterocycles. The highest BCUT2D eigenvalue weighted by Gasteiger charge is 2.25. The van der Waals surface area contributed by atoms with E-state index in [0.29, 0.717) is 16.6 Å². The quantitative estimate of drug-likeness (QED) is 0.856. The van der Waals surface area contributed by atoms with Gasteiger partial charge in [-0.25, -0.2) is 0 Å². The lowest BCUT2D eigenvalue weighted by molar-refractivity contribution is 0.108. The summed E-state index contributed by atoms with van der Waals surface area (Å²) in [4.78, 5) is 2.44. The van der Waals surface area contributed by atoms with E-state index < -0.39 is 0 Å². The predicted octanol–water partition coefficient (Wildman–Crippen LogP) is 1.37. The van der Waals surface area contributed by atoms with Crippen molar-refractivity contribution in [2.24, 2.45) is 0 Å². The van der Waals surface area contributed by atoms with Crippen LogP contribution in [0.15, 0.2) is 0 Å².